The zero-order valence-corrected chi connectivity index (χ0v) is 45.4. The van der Waals surface area contributed by atoms with E-state index in [9.17, 15) is 58.6 Å². The first-order valence-corrected chi connectivity index (χ1v) is 26.6. The summed E-state index contributed by atoms with van der Waals surface area (Å²) in [4.78, 5) is 122. The van der Waals surface area contributed by atoms with Crippen LogP contribution in [0.25, 0.3) is 0 Å². The standard InChI is InChI=1S/C58H56O25/c1-30(6-16-35-41(59)71-53(4,33-12-13-33)72-42(35)60)8-18-37-45(63)75-55(76-46(37)64)22-24-56(25-23-55)77-47(65)39(48(66)78-56)20-10-32(3)11-21-40-51(69)81-58(82-52(40)83-70)28-26-57(27-29-58)79-49(67)38(50(68)80-57)19-9-31(2)7-17-36-43(61)73-54(5,34-14-15-34)74-44(36)62/h6-11,16-21,33-34,59,61,70H,12-15,22-29H2,1-5H3/b16-6?,17-7+,21-11+,30-8?,31-9+,32-10+,37-18?,38-19?,39-20?. The topological polar surface area (TPSA) is 334 Å². The van der Waals surface area contributed by atoms with E-state index in [1.54, 1.807) is 27.7 Å². The average Bonchev–Trinajstić information content (AvgIpc) is 4.43. The molecule has 6 aliphatic heterocycles. The Hall–Kier alpha value is -9.13. The molecule has 0 bridgehead atoms. The molecular weight excluding hydrogens is 1100 g/mol. The molecule has 7 fully saturated rings. The van der Waals surface area contributed by atoms with Crippen molar-refractivity contribution in [1.29, 1.82) is 0 Å². The molecule has 4 saturated carbocycles. The first kappa shape index (κ1) is 57.1. The Morgan fingerprint density at radius 3 is 0.940 bits per heavy atom. The van der Waals surface area contributed by atoms with Gasteiger partial charge in [-0.05, 0) is 82.9 Å². The summed E-state index contributed by atoms with van der Waals surface area (Å²) in [5.41, 5.74) is -0.930. The molecule has 25 nitrogen and oxygen atoms in total. The predicted molar refractivity (Wildman–Crippen MR) is 271 cm³/mol. The molecule has 0 aromatic heterocycles. The van der Waals surface area contributed by atoms with Gasteiger partial charge in [-0.15, -0.1) is 0 Å². The van der Waals surface area contributed by atoms with Crippen LogP contribution >= 0.6 is 0 Å². The van der Waals surface area contributed by atoms with E-state index in [-0.39, 0.29) is 79.9 Å². The van der Waals surface area contributed by atoms with E-state index < -0.39 is 123 Å². The van der Waals surface area contributed by atoms with Gasteiger partial charge in [0.25, 0.3) is 46.6 Å². The lowest BCUT2D eigenvalue weighted by Gasteiger charge is -2.46. The third-order valence-electron chi connectivity index (χ3n) is 15.4. The van der Waals surface area contributed by atoms with Crippen molar-refractivity contribution in [2.24, 2.45) is 11.8 Å². The summed E-state index contributed by atoms with van der Waals surface area (Å²) in [7, 11) is 0. The van der Waals surface area contributed by atoms with Crippen LogP contribution in [0.4, 0.5) is 0 Å². The number of carbonyl (C=O) groups excluding carboxylic acids is 9. The monoisotopic (exact) mass is 1150 g/mol. The number of hydrogen-bond donors (Lipinski definition) is 3. The van der Waals surface area contributed by atoms with E-state index in [0.717, 1.165) is 31.8 Å². The fourth-order valence-electron chi connectivity index (χ4n) is 10.1. The lowest BCUT2D eigenvalue weighted by atomic mass is 9.87. The Bertz CT molecular complexity index is 3240. The fraction of sp³-hybridized carbons (Fsp3) is 0.431. The molecule has 0 aromatic rings. The van der Waals surface area contributed by atoms with E-state index in [0.29, 0.717) is 16.7 Å². The van der Waals surface area contributed by atoms with Crippen molar-refractivity contribution < 1.29 is 120 Å². The maximum atomic E-state index is 13.4. The highest BCUT2D eigenvalue weighted by molar-refractivity contribution is 6.17. The van der Waals surface area contributed by atoms with E-state index in [2.05, 4.69) is 4.89 Å². The highest BCUT2D eigenvalue weighted by atomic mass is 17.1. The summed E-state index contributed by atoms with van der Waals surface area (Å²) < 4.78 is 66.9. The molecule has 3 saturated heterocycles. The minimum Gasteiger partial charge on any atom is -0.480 e. The normalized spacial score (nSPS) is 32.7. The first-order valence-electron chi connectivity index (χ1n) is 26.6. The number of aliphatic hydroxyl groups is 2. The number of hydrogen-bond acceptors (Lipinski definition) is 25. The molecule has 10 rings (SSSR count). The number of rotatable bonds is 12. The molecule has 6 heterocycles. The number of carbonyl (C=O) groups is 9. The smallest absolute Gasteiger partial charge is 0.348 e. The summed E-state index contributed by atoms with van der Waals surface area (Å²) in [6.07, 6.45) is 17.1. The molecule has 438 valence electrons. The average molecular weight is 1150 g/mol. The molecule has 4 aliphatic carbocycles. The largest absolute Gasteiger partial charge is 0.480 e. The second kappa shape index (κ2) is 21.3. The van der Waals surface area contributed by atoms with Crippen LogP contribution in [0.3, 0.4) is 0 Å². The van der Waals surface area contributed by atoms with Gasteiger partial charge in [0.2, 0.25) is 0 Å². The Kier molecular flexibility index (Phi) is 14.7. The van der Waals surface area contributed by atoms with Crippen LogP contribution in [0.15, 0.2) is 141 Å². The van der Waals surface area contributed by atoms with Gasteiger partial charge >= 0.3 is 59.7 Å². The van der Waals surface area contributed by atoms with Gasteiger partial charge in [-0.3, -0.25) is 4.89 Å². The van der Waals surface area contributed by atoms with E-state index in [4.69, 9.17) is 56.8 Å². The van der Waals surface area contributed by atoms with Crippen molar-refractivity contribution in [1.82, 2.24) is 0 Å². The van der Waals surface area contributed by atoms with Gasteiger partial charge in [-0.2, -0.15) is 5.26 Å². The van der Waals surface area contributed by atoms with Crippen molar-refractivity contribution in [3.05, 3.63) is 141 Å². The van der Waals surface area contributed by atoms with Gasteiger partial charge in [0, 0.05) is 77.0 Å². The zero-order chi connectivity index (χ0) is 59.4. The first-order chi connectivity index (χ1) is 39.3. The Morgan fingerprint density at radius 1 is 0.398 bits per heavy atom. The third kappa shape index (κ3) is 11.7. The lowest BCUT2D eigenvalue weighted by Crippen LogP contribution is -2.56. The second-order valence-corrected chi connectivity index (χ2v) is 21.7. The summed E-state index contributed by atoms with van der Waals surface area (Å²) in [6, 6.07) is 0. The van der Waals surface area contributed by atoms with Crippen LogP contribution in [0.2, 0.25) is 0 Å². The minimum absolute atomic E-state index is 0.0155. The van der Waals surface area contributed by atoms with Crippen molar-refractivity contribution in [2.75, 3.05) is 0 Å². The van der Waals surface area contributed by atoms with Crippen LogP contribution in [0, 0.1) is 11.8 Å². The third-order valence-corrected chi connectivity index (χ3v) is 15.4. The molecule has 3 N–H and O–H groups in total. The van der Waals surface area contributed by atoms with Gasteiger partial charge in [-0.25, -0.2) is 43.2 Å². The van der Waals surface area contributed by atoms with Crippen LogP contribution < -0.4 is 0 Å². The van der Waals surface area contributed by atoms with Crippen molar-refractivity contribution in [3.8, 4) is 0 Å². The summed E-state index contributed by atoms with van der Waals surface area (Å²) in [5, 5.41) is 30.6. The number of aliphatic hydroxyl groups excluding tert-OH is 2. The van der Waals surface area contributed by atoms with Crippen molar-refractivity contribution >= 4 is 53.7 Å². The molecule has 2 atom stereocenters. The molecule has 83 heavy (non-hydrogen) atoms. The second-order valence-electron chi connectivity index (χ2n) is 21.7. The minimum atomic E-state index is -1.77. The SMILES string of the molecule is CC(C=CC1=C(O)OC(C)(C2CC2)OC1=O)=CC=C1C(=O)OC2(CCC3(CC2)OC(=O)C(=C/C=C(C)/C=C/C2=C(OO)OC4(CCC5(CC4)OC(=O)C(=C/C=C(C)/C=C/C4=C(O)OC(C)(C6CC6)OC4=O)C(=O)O5)OC2=O)C(=O)O3)OC1=O. The molecule has 0 amide bonds. The maximum absolute atomic E-state index is 13.4. The van der Waals surface area contributed by atoms with Crippen LogP contribution in [0.1, 0.15) is 112 Å². The molecule has 10 aliphatic rings. The van der Waals surface area contributed by atoms with Crippen LogP contribution in [-0.2, 0) is 105 Å². The molecular formula is C58H56O25. The molecule has 0 aromatic carbocycles. The summed E-state index contributed by atoms with van der Waals surface area (Å²) >= 11 is 0. The van der Waals surface area contributed by atoms with Crippen LogP contribution in [0.5, 0.6) is 0 Å². The molecule has 0 radical (unpaired) electrons. The zero-order valence-electron chi connectivity index (χ0n) is 45.4. The van der Waals surface area contributed by atoms with Gasteiger partial charge in [0.1, 0.15) is 33.4 Å². The molecule has 2 unspecified atom stereocenters. The Balaban J connectivity index is 0.698. The van der Waals surface area contributed by atoms with Gasteiger partial charge in [0.15, 0.2) is 0 Å². The highest BCUT2D eigenvalue weighted by Crippen LogP contribution is 2.50. The maximum Gasteiger partial charge on any atom is 0.348 e. The number of allylic oxidation sites excluding steroid dienone is 12. The van der Waals surface area contributed by atoms with Crippen molar-refractivity contribution in [2.45, 2.75) is 146 Å². The fourth-order valence-corrected chi connectivity index (χ4v) is 10.1. The van der Waals surface area contributed by atoms with Crippen LogP contribution in [-0.4, -0.2) is 104 Å². The van der Waals surface area contributed by atoms with Gasteiger partial charge in [0.05, 0.1) is 0 Å². The molecule has 25 heteroatoms. The summed E-state index contributed by atoms with van der Waals surface area (Å²) in [5.74, 6) is -19.9. The van der Waals surface area contributed by atoms with E-state index in [1.807, 2.05) is 0 Å². The number of ether oxygens (including phenoxy) is 12. The lowest BCUT2D eigenvalue weighted by molar-refractivity contribution is -0.330. The van der Waals surface area contributed by atoms with Gasteiger partial charge < -0.3 is 67.1 Å². The predicted octanol–water partition coefficient (Wildman–Crippen LogP) is 6.72. The Labute approximate surface area is 471 Å². The van der Waals surface area contributed by atoms with E-state index >= 15 is 0 Å². The van der Waals surface area contributed by atoms with Crippen molar-refractivity contribution in [3.63, 3.8) is 0 Å². The van der Waals surface area contributed by atoms with E-state index in [1.165, 1.54) is 73.8 Å². The van der Waals surface area contributed by atoms with Gasteiger partial charge in [-0.1, -0.05) is 53.2 Å². The molecule has 4 spiro atoms. The highest BCUT2D eigenvalue weighted by Gasteiger charge is 2.59. The summed E-state index contributed by atoms with van der Waals surface area (Å²) in [6.45, 7) is 7.90. The Morgan fingerprint density at radius 2 is 0.663 bits per heavy atom. The quantitative estimate of drug-likeness (QED) is 0.0347. The number of cyclic esters (lactones) is 2. The number of esters is 9.